The number of anilines is 1. The van der Waals surface area contributed by atoms with Crippen LogP contribution in [0.3, 0.4) is 0 Å². The number of nitrogens with one attached hydrogen (secondary N) is 2. The number of alkyl halides is 3. The summed E-state index contributed by atoms with van der Waals surface area (Å²) >= 11 is 3.07. The predicted octanol–water partition coefficient (Wildman–Crippen LogP) is 2.84. The highest BCUT2D eigenvalue weighted by Gasteiger charge is 2.31. The van der Waals surface area contributed by atoms with Crippen molar-refractivity contribution in [3.05, 3.63) is 34.7 Å². The zero-order valence-corrected chi connectivity index (χ0v) is 12.1. The number of H-pyrrole nitrogens is 1. The number of hydrogen-bond donors (Lipinski definition) is 2. The van der Waals surface area contributed by atoms with E-state index in [4.69, 9.17) is 5.26 Å². The van der Waals surface area contributed by atoms with Crippen LogP contribution in [0.4, 0.5) is 18.9 Å². The average molecular weight is 375 g/mol. The standard InChI is InChI=1S/C11H6BrF3N6O/c12-7-1-8(3-9(2-7)22-11(13,14)15)17-5-6(4-16)10-18-20-21-19-10/h1-3,5,17H,(H,18,19,20,21). The van der Waals surface area contributed by atoms with Crippen molar-refractivity contribution in [3.63, 3.8) is 0 Å². The molecule has 2 N–H and O–H groups in total. The fraction of sp³-hybridized carbons (Fsp3) is 0.0909. The lowest BCUT2D eigenvalue weighted by Gasteiger charge is -2.11. The van der Waals surface area contributed by atoms with Gasteiger partial charge in [0.25, 0.3) is 0 Å². The van der Waals surface area contributed by atoms with Gasteiger partial charge in [0.2, 0.25) is 5.82 Å². The number of rotatable bonds is 4. The number of aromatic amines is 1. The lowest BCUT2D eigenvalue weighted by Crippen LogP contribution is -2.17. The van der Waals surface area contributed by atoms with Crippen molar-refractivity contribution in [3.8, 4) is 11.8 Å². The van der Waals surface area contributed by atoms with Crippen LogP contribution in [0.1, 0.15) is 5.82 Å². The minimum atomic E-state index is -4.80. The minimum absolute atomic E-state index is 0.0482. The molecule has 0 spiro atoms. The monoisotopic (exact) mass is 374 g/mol. The number of nitrogens with zero attached hydrogens (tertiary/aromatic N) is 4. The van der Waals surface area contributed by atoms with Gasteiger partial charge in [-0.1, -0.05) is 15.9 Å². The van der Waals surface area contributed by atoms with E-state index in [2.05, 4.69) is 46.6 Å². The van der Waals surface area contributed by atoms with Crippen molar-refractivity contribution in [2.24, 2.45) is 0 Å². The molecule has 7 nitrogen and oxygen atoms in total. The largest absolute Gasteiger partial charge is 0.573 e. The van der Waals surface area contributed by atoms with Crippen LogP contribution >= 0.6 is 15.9 Å². The van der Waals surface area contributed by atoms with Crippen molar-refractivity contribution in [2.75, 3.05) is 5.32 Å². The highest BCUT2D eigenvalue weighted by Crippen LogP contribution is 2.29. The van der Waals surface area contributed by atoms with E-state index < -0.39 is 12.1 Å². The van der Waals surface area contributed by atoms with Gasteiger partial charge in [0.15, 0.2) is 0 Å². The van der Waals surface area contributed by atoms with Crippen LogP contribution in [-0.2, 0) is 0 Å². The summed E-state index contributed by atoms with van der Waals surface area (Å²) in [6, 6.07) is 5.62. The molecular formula is C11H6BrF3N6O. The van der Waals surface area contributed by atoms with Gasteiger partial charge in [-0.25, -0.2) is 0 Å². The second-order valence-electron chi connectivity index (χ2n) is 3.77. The first kappa shape index (κ1) is 15.8. The summed E-state index contributed by atoms with van der Waals surface area (Å²) in [4.78, 5) is 0. The Morgan fingerprint density at radius 3 is 2.77 bits per heavy atom. The molecule has 22 heavy (non-hydrogen) atoms. The van der Waals surface area contributed by atoms with E-state index >= 15 is 0 Å². The van der Waals surface area contributed by atoms with Gasteiger partial charge in [0.05, 0.1) is 0 Å². The van der Waals surface area contributed by atoms with Crippen LogP contribution in [0.5, 0.6) is 5.75 Å². The molecule has 0 fully saturated rings. The van der Waals surface area contributed by atoms with Crippen molar-refractivity contribution in [1.82, 2.24) is 20.6 Å². The first-order valence-electron chi connectivity index (χ1n) is 5.54. The molecule has 1 aromatic carbocycles. The summed E-state index contributed by atoms with van der Waals surface area (Å²) in [6.07, 6.45) is -3.56. The molecule has 0 saturated heterocycles. The summed E-state index contributed by atoms with van der Waals surface area (Å²) < 4.78 is 40.9. The SMILES string of the molecule is N#CC(=CNc1cc(Br)cc(OC(F)(F)F)c1)c1nn[nH]n1. The molecule has 0 saturated carbocycles. The van der Waals surface area contributed by atoms with Gasteiger partial charge in [-0.15, -0.1) is 23.4 Å². The molecule has 0 aliphatic rings. The molecule has 1 aromatic heterocycles. The number of nitriles is 1. The molecule has 0 aliphatic carbocycles. The summed E-state index contributed by atoms with van der Waals surface area (Å²) in [5.74, 6) is -0.354. The second kappa shape index (κ2) is 6.44. The van der Waals surface area contributed by atoms with E-state index in [0.717, 1.165) is 12.1 Å². The highest BCUT2D eigenvalue weighted by molar-refractivity contribution is 9.10. The highest BCUT2D eigenvalue weighted by atomic mass is 79.9. The Kier molecular flexibility index (Phi) is 4.62. The predicted molar refractivity (Wildman–Crippen MR) is 72.2 cm³/mol. The maximum atomic E-state index is 12.2. The Morgan fingerprint density at radius 2 is 2.18 bits per heavy atom. The van der Waals surface area contributed by atoms with E-state index in [9.17, 15) is 13.2 Å². The zero-order valence-electron chi connectivity index (χ0n) is 10.5. The fourth-order valence-corrected chi connectivity index (χ4v) is 1.89. The van der Waals surface area contributed by atoms with Crippen molar-refractivity contribution in [1.29, 1.82) is 5.26 Å². The number of tetrazole rings is 1. The van der Waals surface area contributed by atoms with E-state index in [-0.39, 0.29) is 17.1 Å². The molecule has 11 heteroatoms. The van der Waals surface area contributed by atoms with Gasteiger partial charge in [-0.05, 0) is 17.3 Å². The molecule has 2 aromatic rings. The van der Waals surface area contributed by atoms with E-state index in [1.54, 1.807) is 0 Å². The van der Waals surface area contributed by atoms with Gasteiger partial charge < -0.3 is 10.1 Å². The summed E-state index contributed by atoms with van der Waals surface area (Å²) in [5.41, 5.74) is 0.317. The normalized spacial score (nSPS) is 11.9. The minimum Gasteiger partial charge on any atom is -0.406 e. The zero-order chi connectivity index (χ0) is 16.2. The van der Waals surface area contributed by atoms with Gasteiger partial charge in [0, 0.05) is 22.4 Å². The Hall–Kier alpha value is -2.61. The smallest absolute Gasteiger partial charge is 0.406 e. The molecule has 0 atom stereocenters. The fourth-order valence-electron chi connectivity index (χ4n) is 1.42. The third kappa shape index (κ3) is 4.45. The molecule has 1 heterocycles. The second-order valence-corrected chi connectivity index (χ2v) is 4.69. The van der Waals surface area contributed by atoms with Crippen LogP contribution in [-0.4, -0.2) is 27.0 Å². The average Bonchev–Trinajstić information content (AvgIpc) is 2.90. The molecule has 0 amide bonds. The topological polar surface area (TPSA) is 99.5 Å². The van der Waals surface area contributed by atoms with Gasteiger partial charge in [0.1, 0.15) is 17.4 Å². The quantitative estimate of drug-likeness (QED) is 0.798. The Bertz CT molecular complexity index is 722. The van der Waals surface area contributed by atoms with Crippen molar-refractivity contribution in [2.45, 2.75) is 6.36 Å². The lowest BCUT2D eigenvalue weighted by molar-refractivity contribution is -0.274. The van der Waals surface area contributed by atoms with Gasteiger partial charge >= 0.3 is 6.36 Å². The van der Waals surface area contributed by atoms with Crippen LogP contribution in [0.2, 0.25) is 0 Å². The number of aromatic nitrogens is 4. The van der Waals surface area contributed by atoms with Gasteiger partial charge in [-0.3, -0.25) is 0 Å². The number of benzene rings is 1. The number of hydrogen-bond acceptors (Lipinski definition) is 6. The first-order valence-corrected chi connectivity index (χ1v) is 6.33. The van der Waals surface area contributed by atoms with E-state index in [1.165, 1.54) is 12.3 Å². The molecule has 114 valence electrons. The van der Waals surface area contributed by atoms with E-state index in [0.29, 0.717) is 4.47 Å². The third-order valence-corrected chi connectivity index (χ3v) is 2.65. The van der Waals surface area contributed by atoms with Crippen LogP contribution < -0.4 is 10.1 Å². The summed E-state index contributed by atoms with van der Waals surface area (Å²) in [7, 11) is 0. The molecule has 0 unspecified atom stereocenters. The molecule has 2 rings (SSSR count). The molecule has 0 aliphatic heterocycles. The van der Waals surface area contributed by atoms with Gasteiger partial charge in [-0.2, -0.15) is 10.5 Å². The summed E-state index contributed by atoms with van der Waals surface area (Å²) in [5, 5.41) is 24.4. The van der Waals surface area contributed by atoms with Crippen LogP contribution in [0, 0.1) is 11.3 Å². The summed E-state index contributed by atoms with van der Waals surface area (Å²) in [6.45, 7) is 0. The Balaban J connectivity index is 2.21. The van der Waals surface area contributed by atoms with Crippen LogP contribution in [0.25, 0.3) is 5.57 Å². The maximum Gasteiger partial charge on any atom is 0.573 e. The lowest BCUT2D eigenvalue weighted by atomic mass is 10.2. The number of halogens is 4. The number of allylic oxidation sites excluding steroid dienone is 1. The maximum absolute atomic E-state index is 12.2. The third-order valence-electron chi connectivity index (χ3n) is 2.19. The molecule has 0 radical (unpaired) electrons. The first-order chi connectivity index (χ1) is 10.4. The van der Waals surface area contributed by atoms with Crippen molar-refractivity contribution < 1.29 is 17.9 Å². The molecule has 0 bridgehead atoms. The Morgan fingerprint density at radius 1 is 1.41 bits per heavy atom. The molecular weight excluding hydrogens is 369 g/mol. The van der Waals surface area contributed by atoms with E-state index in [1.807, 2.05) is 6.07 Å². The van der Waals surface area contributed by atoms with Crippen molar-refractivity contribution >= 4 is 27.2 Å². The number of ether oxygens (including phenoxy) is 1. The van der Waals surface area contributed by atoms with Crippen LogP contribution in [0.15, 0.2) is 28.9 Å². The Labute approximate surface area is 129 Å².